The number of carbonyl (C=O) groups is 1. The van der Waals surface area contributed by atoms with Gasteiger partial charge < -0.3 is 20.3 Å². The summed E-state index contributed by atoms with van der Waals surface area (Å²) in [6.07, 6.45) is 4.24. The second-order valence-electron chi connectivity index (χ2n) is 7.22. The predicted octanol–water partition coefficient (Wildman–Crippen LogP) is 1.09. The lowest BCUT2D eigenvalue weighted by Gasteiger charge is -2.25. The van der Waals surface area contributed by atoms with Gasteiger partial charge in [-0.05, 0) is 30.5 Å². The third-order valence-electron chi connectivity index (χ3n) is 4.88. The zero-order valence-electron chi connectivity index (χ0n) is 17.7. The maximum absolute atomic E-state index is 12.0. The highest BCUT2D eigenvalue weighted by Crippen LogP contribution is 2.12. The first-order valence-corrected chi connectivity index (χ1v) is 9.79. The minimum atomic E-state index is -0.0385. The number of aliphatic imine (C=N–C) groups is 1. The molecule has 1 atom stereocenters. The Hall–Kier alpha value is -2.37. The second kappa shape index (κ2) is 11.7. The molecule has 2 aromatic rings. The fraction of sp³-hybridized carbons (Fsp3) is 0.500. The Bertz CT molecular complexity index is 836. The lowest BCUT2D eigenvalue weighted by Crippen LogP contribution is -2.48. The second-order valence-corrected chi connectivity index (χ2v) is 7.22. The van der Waals surface area contributed by atoms with E-state index in [2.05, 4.69) is 25.7 Å². The number of nitrogens with one attached hydrogen (secondary N) is 2. The van der Waals surface area contributed by atoms with Crippen molar-refractivity contribution >= 4 is 35.8 Å². The number of amides is 1. The Balaban J connectivity index is 0.00000320. The summed E-state index contributed by atoms with van der Waals surface area (Å²) in [5, 5.41) is 11.1. The predicted molar refractivity (Wildman–Crippen MR) is 126 cm³/mol. The highest BCUT2D eigenvalue weighted by atomic mass is 127. The van der Waals surface area contributed by atoms with Crippen LogP contribution in [0.5, 0.6) is 5.75 Å². The number of likely N-dealkylation sites (N-methyl/N-ethyl adjacent to an activating group) is 1. The van der Waals surface area contributed by atoms with E-state index in [1.807, 2.05) is 28.9 Å². The van der Waals surface area contributed by atoms with Gasteiger partial charge in [0.1, 0.15) is 24.4 Å². The van der Waals surface area contributed by atoms with Crippen LogP contribution in [0.3, 0.4) is 0 Å². The number of aryl methyl sites for hydroxylation is 1. The summed E-state index contributed by atoms with van der Waals surface area (Å²) in [6.45, 7) is 1.54. The van der Waals surface area contributed by atoms with Gasteiger partial charge in [0.05, 0.1) is 13.7 Å². The molecule has 30 heavy (non-hydrogen) atoms. The standard InChI is InChI=1S/C20H29N7O2.HI/c1-26(2)19(28)12-22-20(21-11-10-15-4-7-17(29-3)8-5-15)25-16-6-9-18-23-14-24-27(18)13-16;/h4-5,7-8,14,16H,6,9-13H2,1-3H3,(H2,21,22,25);1H. The molecule has 1 unspecified atom stereocenters. The van der Waals surface area contributed by atoms with Gasteiger partial charge in [-0.25, -0.2) is 14.7 Å². The summed E-state index contributed by atoms with van der Waals surface area (Å²) >= 11 is 0. The van der Waals surface area contributed by atoms with Gasteiger partial charge >= 0.3 is 0 Å². The van der Waals surface area contributed by atoms with Gasteiger partial charge in [-0.1, -0.05) is 12.1 Å². The lowest BCUT2D eigenvalue weighted by molar-refractivity contribution is -0.127. The van der Waals surface area contributed by atoms with Crippen LogP contribution in [0, 0.1) is 0 Å². The van der Waals surface area contributed by atoms with E-state index >= 15 is 0 Å². The van der Waals surface area contributed by atoms with Crippen LogP contribution in [0.1, 0.15) is 17.8 Å². The minimum absolute atomic E-state index is 0. The smallest absolute Gasteiger partial charge is 0.243 e. The summed E-state index contributed by atoms with van der Waals surface area (Å²) < 4.78 is 7.11. The number of aromatic nitrogens is 3. The molecule has 10 heteroatoms. The van der Waals surface area contributed by atoms with Crippen molar-refractivity contribution in [2.75, 3.05) is 34.3 Å². The fourth-order valence-electron chi connectivity index (χ4n) is 3.11. The molecular formula is C20H30IN7O2. The zero-order chi connectivity index (χ0) is 20.6. The summed E-state index contributed by atoms with van der Waals surface area (Å²) in [7, 11) is 5.12. The number of guanidine groups is 1. The number of hydrogen-bond donors (Lipinski definition) is 2. The molecule has 0 radical (unpaired) electrons. The van der Waals surface area contributed by atoms with Crippen molar-refractivity contribution in [3.63, 3.8) is 0 Å². The number of fused-ring (bicyclic) bond motifs is 1. The van der Waals surface area contributed by atoms with Crippen molar-refractivity contribution < 1.29 is 9.53 Å². The molecule has 1 amide bonds. The van der Waals surface area contributed by atoms with E-state index < -0.39 is 0 Å². The summed E-state index contributed by atoms with van der Waals surface area (Å²) in [6, 6.07) is 8.19. The Morgan fingerprint density at radius 3 is 2.80 bits per heavy atom. The first-order valence-electron chi connectivity index (χ1n) is 9.79. The molecule has 1 aliphatic rings. The summed E-state index contributed by atoms with van der Waals surface area (Å²) in [4.78, 5) is 22.2. The number of carbonyl (C=O) groups excluding carboxylic acids is 1. The van der Waals surface area contributed by atoms with Gasteiger partial charge in [-0.2, -0.15) is 5.10 Å². The minimum Gasteiger partial charge on any atom is -0.497 e. The van der Waals surface area contributed by atoms with Crippen LogP contribution in [-0.4, -0.2) is 71.9 Å². The third kappa shape index (κ3) is 6.85. The number of nitrogens with zero attached hydrogens (tertiary/aromatic N) is 5. The summed E-state index contributed by atoms with van der Waals surface area (Å²) in [5.74, 6) is 2.46. The van der Waals surface area contributed by atoms with Crippen LogP contribution >= 0.6 is 24.0 Å². The molecule has 0 bridgehead atoms. The van der Waals surface area contributed by atoms with Crippen LogP contribution in [0.4, 0.5) is 0 Å². The van der Waals surface area contributed by atoms with Gasteiger partial charge in [0.2, 0.25) is 5.91 Å². The van der Waals surface area contributed by atoms with Gasteiger partial charge in [0.15, 0.2) is 5.96 Å². The maximum Gasteiger partial charge on any atom is 0.243 e. The summed E-state index contributed by atoms with van der Waals surface area (Å²) in [5.41, 5.74) is 1.20. The number of halogens is 1. The highest BCUT2D eigenvalue weighted by molar-refractivity contribution is 14.0. The van der Waals surface area contributed by atoms with Crippen LogP contribution in [0.15, 0.2) is 35.6 Å². The van der Waals surface area contributed by atoms with E-state index in [1.54, 1.807) is 32.4 Å². The number of rotatable bonds is 7. The van der Waals surface area contributed by atoms with E-state index in [9.17, 15) is 4.79 Å². The maximum atomic E-state index is 12.0. The Kier molecular flexibility index (Phi) is 9.34. The average molecular weight is 527 g/mol. The zero-order valence-corrected chi connectivity index (χ0v) is 20.0. The van der Waals surface area contributed by atoms with Crippen molar-refractivity contribution in [3.8, 4) is 5.75 Å². The molecule has 1 aliphatic heterocycles. The molecule has 0 saturated carbocycles. The van der Waals surface area contributed by atoms with E-state index in [0.717, 1.165) is 37.4 Å². The number of methoxy groups -OCH3 is 1. The molecule has 1 aromatic heterocycles. The molecule has 9 nitrogen and oxygen atoms in total. The third-order valence-corrected chi connectivity index (χ3v) is 4.88. The molecule has 0 spiro atoms. The average Bonchev–Trinajstić information content (AvgIpc) is 3.20. The molecule has 2 N–H and O–H groups in total. The number of benzene rings is 1. The quantitative estimate of drug-likeness (QED) is 0.318. The van der Waals surface area contributed by atoms with E-state index in [1.165, 1.54) is 5.56 Å². The molecule has 3 rings (SSSR count). The van der Waals surface area contributed by atoms with Crippen LogP contribution in [0.2, 0.25) is 0 Å². The molecule has 2 heterocycles. The van der Waals surface area contributed by atoms with E-state index in [0.29, 0.717) is 12.5 Å². The van der Waals surface area contributed by atoms with Crippen LogP contribution in [-0.2, 0) is 24.2 Å². The van der Waals surface area contributed by atoms with Gasteiger partial charge in [0.25, 0.3) is 0 Å². The van der Waals surface area contributed by atoms with Crippen LogP contribution in [0.25, 0.3) is 0 Å². The van der Waals surface area contributed by atoms with Crippen molar-refractivity contribution in [2.45, 2.75) is 31.8 Å². The molecule has 0 aliphatic carbocycles. The van der Waals surface area contributed by atoms with Crippen molar-refractivity contribution in [2.24, 2.45) is 4.99 Å². The molecule has 0 fully saturated rings. The first-order chi connectivity index (χ1) is 14.0. The van der Waals surface area contributed by atoms with Crippen molar-refractivity contribution in [3.05, 3.63) is 42.0 Å². The van der Waals surface area contributed by atoms with E-state index in [4.69, 9.17) is 4.74 Å². The van der Waals surface area contributed by atoms with Gasteiger partial charge in [-0.15, -0.1) is 24.0 Å². The monoisotopic (exact) mass is 527 g/mol. The SMILES string of the molecule is COc1ccc(CCNC(=NCC(=O)N(C)C)NC2CCc3ncnn3C2)cc1.I. The Morgan fingerprint density at radius 1 is 1.33 bits per heavy atom. The number of ether oxygens (including phenoxy) is 1. The normalized spacial score (nSPS) is 15.6. The largest absolute Gasteiger partial charge is 0.497 e. The number of hydrogen-bond acceptors (Lipinski definition) is 5. The van der Waals surface area contributed by atoms with Crippen LogP contribution < -0.4 is 15.4 Å². The topological polar surface area (TPSA) is 96.7 Å². The first kappa shape index (κ1) is 23.9. The van der Waals surface area contributed by atoms with Gasteiger partial charge in [0, 0.05) is 33.1 Å². The molecule has 0 saturated heterocycles. The van der Waals surface area contributed by atoms with Crippen molar-refractivity contribution in [1.82, 2.24) is 30.3 Å². The lowest BCUT2D eigenvalue weighted by atomic mass is 10.1. The molecule has 1 aromatic carbocycles. The van der Waals surface area contributed by atoms with E-state index in [-0.39, 0.29) is 42.5 Å². The Labute approximate surface area is 194 Å². The fourth-order valence-corrected chi connectivity index (χ4v) is 3.11. The molecule has 164 valence electrons. The van der Waals surface area contributed by atoms with Crippen molar-refractivity contribution in [1.29, 1.82) is 0 Å². The highest BCUT2D eigenvalue weighted by Gasteiger charge is 2.20. The van der Waals surface area contributed by atoms with Gasteiger partial charge in [-0.3, -0.25) is 4.79 Å². The Morgan fingerprint density at radius 2 is 2.10 bits per heavy atom. The molecular weight excluding hydrogens is 497 g/mol.